The fourth-order valence-electron chi connectivity index (χ4n) is 1.05. The van der Waals surface area contributed by atoms with Crippen molar-refractivity contribution < 1.29 is 20.4 Å². The number of rotatable bonds is 6. The van der Waals surface area contributed by atoms with E-state index in [0.29, 0.717) is 0 Å². The zero-order valence-electron chi connectivity index (χ0n) is 8.24. The second kappa shape index (κ2) is 6.39. The van der Waals surface area contributed by atoms with Crippen LogP contribution in [0.2, 0.25) is 0 Å². The van der Waals surface area contributed by atoms with Gasteiger partial charge in [0, 0.05) is 0 Å². The zero-order chi connectivity index (χ0) is 11.3. The average Bonchev–Trinajstić information content (AvgIpc) is 2.15. The Labute approximate surface area is 88.6 Å². The molecule has 0 radical (unpaired) electrons. The number of likely N-dealkylation sites (N-methyl/N-ethyl adjacent to an activating group) is 1. The Morgan fingerprint density at radius 1 is 1.21 bits per heavy atom. The van der Waals surface area contributed by atoms with Gasteiger partial charge in [-0.3, -0.25) is 4.90 Å². The molecule has 4 atom stereocenters. The highest BCUT2D eigenvalue weighted by atomic mass is 32.1. The van der Waals surface area contributed by atoms with E-state index in [1.807, 2.05) is 0 Å². The van der Waals surface area contributed by atoms with Crippen molar-refractivity contribution in [1.29, 1.82) is 0 Å². The molecule has 0 aromatic carbocycles. The molecule has 14 heavy (non-hydrogen) atoms. The van der Waals surface area contributed by atoms with Gasteiger partial charge in [-0.05, 0) is 19.5 Å². The van der Waals surface area contributed by atoms with E-state index in [0.717, 1.165) is 0 Å². The highest BCUT2D eigenvalue weighted by molar-refractivity contribution is 7.79. The first-order chi connectivity index (χ1) is 6.45. The summed E-state index contributed by atoms with van der Waals surface area (Å²) in [5.74, 6) is 0. The molecule has 0 heterocycles. The molecule has 0 aromatic heterocycles. The fourth-order valence-corrected chi connectivity index (χ4v) is 1.45. The Morgan fingerprint density at radius 3 is 2.00 bits per heavy atom. The minimum Gasteiger partial charge on any atom is -0.394 e. The Morgan fingerprint density at radius 2 is 1.71 bits per heavy atom. The summed E-state index contributed by atoms with van der Waals surface area (Å²) in [5, 5.41) is 37.9. The molecule has 0 aliphatic heterocycles. The van der Waals surface area contributed by atoms with Gasteiger partial charge in [0.1, 0.15) is 18.3 Å². The van der Waals surface area contributed by atoms with Crippen molar-refractivity contribution in [3.63, 3.8) is 0 Å². The third-order valence-corrected chi connectivity index (χ3v) is 2.30. The van der Waals surface area contributed by atoms with Crippen LogP contribution in [0, 0.1) is 0 Å². The van der Waals surface area contributed by atoms with E-state index in [4.69, 9.17) is 10.2 Å². The van der Waals surface area contributed by atoms with Crippen LogP contribution >= 0.6 is 12.2 Å². The van der Waals surface area contributed by atoms with Crippen LogP contribution in [0.5, 0.6) is 0 Å². The SMILES string of the molecule is CN(C)[C@@H](C=S)[C@@H](O)[C@H](O)[C@H](O)CO. The van der Waals surface area contributed by atoms with Gasteiger partial charge in [-0.15, -0.1) is 0 Å². The maximum Gasteiger partial charge on any atom is 0.110 e. The summed E-state index contributed by atoms with van der Waals surface area (Å²) < 4.78 is 0. The molecule has 0 saturated carbocycles. The molecule has 5 nitrogen and oxygen atoms in total. The number of thiocarbonyl (C=S) groups is 1. The Balaban J connectivity index is 4.41. The molecule has 0 bridgehead atoms. The zero-order valence-corrected chi connectivity index (χ0v) is 9.05. The summed E-state index contributed by atoms with van der Waals surface area (Å²) in [4.78, 5) is 1.62. The highest BCUT2D eigenvalue weighted by Gasteiger charge is 2.30. The first kappa shape index (κ1) is 13.9. The monoisotopic (exact) mass is 223 g/mol. The lowest BCUT2D eigenvalue weighted by Crippen LogP contribution is -2.51. The van der Waals surface area contributed by atoms with Crippen molar-refractivity contribution in [2.75, 3.05) is 20.7 Å². The van der Waals surface area contributed by atoms with Crippen LogP contribution in [0.1, 0.15) is 0 Å². The van der Waals surface area contributed by atoms with E-state index in [1.165, 1.54) is 5.37 Å². The molecule has 0 aromatic rings. The summed E-state index contributed by atoms with van der Waals surface area (Å²) in [5.41, 5.74) is 0. The van der Waals surface area contributed by atoms with E-state index in [2.05, 4.69) is 12.2 Å². The minimum absolute atomic E-state index is 0.541. The summed E-state index contributed by atoms with van der Waals surface area (Å²) in [6, 6.07) is -0.541. The molecular weight excluding hydrogens is 206 g/mol. The van der Waals surface area contributed by atoms with Crippen LogP contribution in [0.15, 0.2) is 0 Å². The Bertz CT molecular complexity index is 179. The molecule has 0 saturated heterocycles. The lowest BCUT2D eigenvalue weighted by Gasteiger charge is -2.30. The average molecular weight is 223 g/mol. The topological polar surface area (TPSA) is 84.2 Å². The summed E-state index contributed by atoms with van der Waals surface area (Å²) in [7, 11) is 3.38. The van der Waals surface area contributed by atoms with Crippen LogP contribution in [-0.2, 0) is 0 Å². The Hall–Kier alpha value is -0.110. The molecular formula is C8H17NO4S. The molecule has 0 rings (SSSR count). The van der Waals surface area contributed by atoms with Crippen molar-refractivity contribution in [3.05, 3.63) is 0 Å². The van der Waals surface area contributed by atoms with Crippen LogP contribution in [0.3, 0.4) is 0 Å². The van der Waals surface area contributed by atoms with Gasteiger partial charge in [0.15, 0.2) is 0 Å². The smallest absolute Gasteiger partial charge is 0.110 e. The summed E-state index contributed by atoms with van der Waals surface area (Å²) in [6.07, 6.45) is -3.99. The third kappa shape index (κ3) is 3.56. The Kier molecular flexibility index (Phi) is 6.34. The van der Waals surface area contributed by atoms with Crippen molar-refractivity contribution >= 4 is 17.6 Å². The molecule has 0 aliphatic carbocycles. The number of nitrogens with zero attached hydrogens (tertiary/aromatic N) is 1. The molecule has 0 unspecified atom stereocenters. The quantitative estimate of drug-likeness (QED) is 0.390. The van der Waals surface area contributed by atoms with E-state index >= 15 is 0 Å². The normalized spacial score (nSPS) is 20.2. The second-order valence-electron chi connectivity index (χ2n) is 3.32. The standard InChI is InChI=1S/C8H17NO4S/c1-9(2)5(4-14)7(12)8(13)6(11)3-10/h4-8,10-13H,3H2,1-2H3/t5-,6+,7+,8+/m0/s1. The third-order valence-electron chi connectivity index (χ3n) is 2.02. The first-order valence-electron chi connectivity index (χ1n) is 4.22. The molecule has 0 aliphatic rings. The lowest BCUT2D eigenvalue weighted by molar-refractivity contribution is -0.0879. The lowest BCUT2D eigenvalue weighted by atomic mass is 10.0. The van der Waals surface area contributed by atoms with Crippen molar-refractivity contribution in [2.24, 2.45) is 0 Å². The maximum absolute atomic E-state index is 9.59. The number of aliphatic hydroxyl groups excluding tert-OH is 4. The highest BCUT2D eigenvalue weighted by Crippen LogP contribution is 2.07. The minimum atomic E-state index is -1.41. The predicted octanol–water partition coefficient (Wildman–Crippen LogP) is -2.01. The van der Waals surface area contributed by atoms with Crippen LogP contribution < -0.4 is 0 Å². The van der Waals surface area contributed by atoms with Gasteiger partial charge < -0.3 is 20.4 Å². The van der Waals surface area contributed by atoms with Gasteiger partial charge in [0.05, 0.1) is 12.6 Å². The molecule has 0 fully saturated rings. The largest absolute Gasteiger partial charge is 0.394 e. The number of hydrogen-bond donors (Lipinski definition) is 4. The van der Waals surface area contributed by atoms with E-state index < -0.39 is 31.0 Å². The van der Waals surface area contributed by atoms with Gasteiger partial charge in [-0.1, -0.05) is 12.2 Å². The van der Waals surface area contributed by atoms with Crippen molar-refractivity contribution in [3.8, 4) is 0 Å². The molecule has 84 valence electrons. The van der Waals surface area contributed by atoms with E-state index in [1.54, 1.807) is 19.0 Å². The van der Waals surface area contributed by atoms with E-state index in [9.17, 15) is 10.2 Å². The van der Waals surface area contributed by atoms with E-state index in [-0.39, 0.29) is 0 Å². The van der Waals surface area contributed by atoms with Gasteiger partial charge in [0.25, 0.3) is 0 Å². The molecule has 0 spiro atoms. The first-order valence-corrected chi connectivity index (χ1v) is 4.69. The van der Waals surface area contributed by atoms with Crippen molar-refractivity contribution in [2.45, 2.75) is 24.4 Å². The number of hydrogen-bond acceptors (Lipinski definition) is 6. The summed E-state index contributed by atoms with van der Waals surface area (Å²) >= 11 is 4.69. The van der Waals surface area contributed by atoms with Crippen LogP contribution in [0.4, 0.5) is 0 Å². The van der Waals surface area contributed by atoms with Crippen LogP contribution in [-0.4, -0.2) is 75.7 Å². The van der Waals surface area contributed by atoms with Gasteiger partial charge >= 0.3 is 0 Å². The fraction of sp³-hybridized carbons (Fsp3) is 0.875. The maximum atomic E-state index is 9.59. The molecule has 0 amide bonds. The number of aliphatic hydroxyl groups is 4. The molecule has 4 N–H and O–H groups in total. The van der Waals surface area contributed by atoms with Crippen LogP contribution in [0.25, 0.3) is 0 Å². The van der Waals surface area contributed by atoms with Gasteiger partial charge in [0.2, 0.25) is 0 Å². The second-order valence-corrected chi connectivity index (χ2v) is 3.59. The van der Waals surface area contributed by atoms with Crippen molar-refractivity contribution in [1.82, 2.24) is 4.90 Å². The van der Waals surface area contributed by atoms with Gasteiger partial charge in [-0.25, -0.2) is 0 Å². The molecule has 6 heteroatoms. The summed E-state index contributed by atoms with van der Waals surface area (Å²) in [6.45, 7) is -0.601. The predicted molar refractivity (Wildman–Crippen MR) is 56.2 cm³/mol. The van der Waals surface area contributed by atoms with Gasteiger partial charge in [-0.2, -0.15) is 0 Å².